The van der Waals surface area contributed by atoms with Crippen LogP contribution in [0.25, 0.3) is 0 Å². The Kier molecular flexibility index (Phi) is 3.97. The highest BCUT2D eigenvalue weighted by Gasteiger charge is 2.12. The third-order valence-corrected chi connectivity index (χ3v) is 2.93. The van der Waals surface area contributed by atoms with Crippen molar-refractivity contribution in [3.63, 3.8) is 0 Å². The number of hydrogen-bond donors (Lipinski definition) is 1. The van der Waals surface area contributed by atoms with E-state index in [-0.39, 0.29) is 5.69 Å². The van der Waals surface area contributed by atoms with E-state index in [4.69, 9.17) is 11.6 Å². The number of nitrogens with zero attached hydrogens (tertiary/aromatic N) is 2. The Hall–Kier alpha value is -2.14. The third kappa shape index (κ3) is 3.20. The minimum absolute atomic E-state index is 0.0896. The fraction of sp³-hybridized carbons (Fsp3) is 0.154. The van der Waals surface area contributed by atoms with E-state index in [1.807, 2.05) is 13.0 Å². The zero-order valence-electron chi connectivity index (χ0n) is 10.3. The molecule has 0 aliphatic carbocycles. The van der Waals surface area contributed by atoms with Crippen LogP contribution < -0.4 is 5.32 Å². The lowest BCUT2D eigenvalue weighted by Gasteiger charge is -2.09. The van der Waals surface area contributed by atoms with Gasteiger partial charge < -0.3 is 5.32 Å². The largest absolute Gasteiger partial charge is 0.378 e. The molecule has 19 heavy (non-hydrogen) atoms. The number of hydrogen-bond acceptors (Lipinski definition) is 4. The average molecular weight is 278 g/mol. The van der Waals surface area contributed by atoms with Gasteiger partial charge in [-0.05, 0) is 18.6 Å². The molecule has 0 saturated heterocycles. The molecule has 2 rings (SSSR count). The molecular formula is C13H12ClN3O2. The molecule has 0 fully saturated rings. The van der Waals surface area contributed by atoms with E-state index in [1.165, 1.54) is 6.07 Å². The molecule has 0 amide bonds. The normalized spacial score (nSPS) is 10.2. The van der Waals surface area contributed by atoms with Crippen LogP contribution in [-0.2, 0) is 6.54 Å². The van der Waals surface area contributed by atoms with Crippen molar-refractivity contribution in [2.45, 2.75) is 13.5 Å². The first-order valence-corrected chi connectivity index (χ1v) is 6.04. The quantitative estimate of drug-likeness (QED) is 0.527. The molecule has 0 bridgehead atoms. The summed E-state index contributed by atoms with van der Waals surface area (Å²) in [6.45, 7) is 2.22. The van der Waals surface area contributed by atoms with E-state index in [0.717, 1.165) is 5.56 Å². The average Bonchev–Trinajstić information content (AvgIpc) is 2.40. The van der Waals surface area contributed by atoms with Crippen LogP contribution >= 0.6 is 11.6 Å². The van der Waals surface area contributed by atoms with Gasteiger partial charge >= 0.3 is 0 Å². The van der Waals surface area contributed by atoms with Gasteiger partial charge in [0.05, 0.1) is 10.6 Å². The molecule has 0 aliphatic rings. The van der Waals surface area contributed by atoms with Crippen molar-refractivity contribution in [1.29, 1.82) is 0 Å². The first kappa shape index (κ1) is 13.3. The standard InChI is InChI=1S/C13H12ClN3O2/c1-9-6-11(13(14)16-7-9)15-8-10-4-2-3-5-12(10)17(18)19/h2-7,15H,8H2,1H3. The van der Waals surface area contributed by atoms with E-state index >= 15 is 0 Å². The number of halogens is 1. The van der Waals surface area contributed by atoms with Gasteiger partial charge in [0.2, 0.25) is 0 Å². The monoisotopic (exact) mass is 277 g/mol. The van der Waals surface area contributed by atoms with Crippen LogP contribution in [0.3, 0.4) is 0 Å². The smallest absolute Gasteiger partial charge is 0.274 e. The van der Waals surface area contributed by atoms with Gasteiger partial charge in [-0.3, -0.25) is 10.1 Å². The first-order valence-electron chi connectivity index (χ1n) is 5.66. The van der Waals surface area contributed by atoms with Crippen LogP contribution in [0.15, 0.2) is 36.5 Å². The minimum atomic E-state index is -0.396. The summed E-state index contributed by atoms with van der Waals surface area (Å²) in [7, 11) is 0. The van der Waals surface area contributed by atoms with Crippen molar-refractivity contribution in [2.75, 3.05) is 5.32 Å². The van der Waals surface area contributed by atoms with Crippen LogP contribution in [0.5, 0.6) is 0 Å². The fourth-order valence-corrected chi connectivity index (χ4v) is 1.88. The van der Waals surface area contributed by atoms with E-state index in [1.54, 1.807) is 24.4 Å². The summed E-state index contributed by atoms with van der Waals surface area (Å²) in [4.78, 5) is 14.5. The molecular weight excluding hydrogens is 266 g/mol. The molecule has 98 valence electrons. The predicted octanol–water partition coefficient (Wildman–Crippen LogP) is 3.56. The zero-order valence-corrected chi connectivity index (χ0v) is 11.0. The van der Waals surface area contributed by atoms with Crippen molar-refractivity contribution >= 4 is 23.0 Å². The lowest BCUT2D eigenvalue weighted by Crippen LogP contribution is -2.04. The number of aromatic nitrogens is 1. The van der Waals surface area contributed by atoms with Crippen molar-refractivity contribution in [2.24, 2.45) is 0 Å². The number of para-hydroxylation sites is 1. The van der Waals surface area contributed by atoms with Crippen LogP contribution in [0.1, 0.15) is 11.1 Å². The molecule has 6 heteroatoms. The van der Waals surface area contributed by atoms with Crippen molar-refractivity contribution < 1.29 is 4.92 Å². The summed E-state index contributed by atoms with van der Waals surface area (Å²) in [5, 5.41) is 14.3. The molecule has 1 N–H and O–H groups in total. The van der Waals surface area contributed by atoms with Gasteiger partial charge in [0.1, 0.15) is 0 Å². The summed E-state index contributed by atoms with van der Waals surface area (Å²) in [5.41, 5.74) is 2.33. The number of nitro groups is 1. The molecule has 0 radical (unpaired) electrons. The molecule has 2 aromatic rings. The minimum Gasteiger partial charge on any atom is -0.378 e. The van der Waals surface area contributed by atoms with Crippen molar-refractivity contribution in [3.8, 4) is 0 Å². The second-order valence-corrected chi connectivity index (χ2v) is 4.45. The molecule has 1 heterocycles. The van der Waals surface area contributed by atoms with E-state index < -0.39 is 4.92 Å². The second-order valence-electron chi connectivity index (χ2n) is 4.09. The highest BCUT2D eigenvalue weighted by atomic mass is 35.5. The SMILES string of the molecule is Cc1cnc(Cl)c(NCc2ccccc2[N+](=O)[O-])c1. The van der Waals surface area contributed by atoms with Gasteiger partial charge in [-0.25, -0.2) is 4.98 Å². The van der Waals surface area contributed by atoms with Gasteiger partial charge in [0.15, 0.2) is 5.15 Å². The van der Waals surface area contributed by atoms with Crippen LogP contribution in [0.4, 0.5) is 11.4 Å². The van der Waals surface area contributed by atoms with Crippen molar-refractivity contribution in [1.82, 2.24) is 4.98 Å². The predicted molar refractivity (Wildman–Crippen MR) is 74.4 cm³/mol. The summed E-state index contributed by atoms with van der Waals surface area (Å²) >= 11 is 5.96. The Morgan fingerprint density at radius 2 is 2.16 bits per heavy atom. The van der Waals surface area contributed by atoms with Gasteiger partial charge in [-0.15, -0.1) is 0 Å². The summed E-state index contributed by atoms with van der Waals surface area (Å²) < 4.78 is 0. The highest BCUT2D eigenvalue weighted by molar-refractivity contribution is 6.31. The maximum atomic E-state index is 10.9. The molecule has 0 atom stereocenters. The van der Waals surface area contributed by atoms with Crippen molar-refractivity contribution in [3.05, 3.63) is 62.9 Å². The molecule has 0 unspecified atom stereocenters. The number of nitrogens with one attached hydrogen (secondary N) is 1. The number of anilines is 1. The molecule has 0 aliphatic heterocycles. The maximum absolute atomic E-state index is 10.9. The topological polar surface area (TPSA) is 68.1 Å². The van der Waals surface area contributed by atoms with Crippen LogP contribution in [0.2, 0.25) is 5.15 Å². The Morgan fingerprint density at radius 1 is 1.42 bits per heavy atom. The number of rotatable bonds is 4. The Labute approximate surface area is 115 Å². The Morgan fingerprint density at radius 3 is 2.89 bits per heavy atom. The van der Waals surface area contributed by atoms with Gasteiger partial charge in [-0.2, -0.15) is 0 Å². The number of benzene rings is 1. The Balaban J connectivity index is 2.19. The fourth-order valence-electron chi connectivity index (χ4n) is 1.71. The summed E-state index contributed by atoms with van der Waals surface area (Å²) in [6.07, 6.45) is 1.67. The lowest BCUT2D eigenvalue weighted by molar-refractivity contribution is -0.385. The molecule has 0 spiro atoms. The molecule has 1 aromatic carbocycles. The third-order valence-electron chi connectivity index (χ3n) is 2.63. The van der Waals surface area contributed by atoms with Gasteiger partial charge in [0, 0.05) is 24.4 Å². The van der Waals surface area contributed by atoms with Gasteiger partial charge in [0.25, 0.3) is 5.69 Å². The number of nitro benzene ring substituents is 1. The first-order chi connectivity index (χ1) is 9.08. The van der Waals surface area contributed by atoms with Crippen LogP contribution in [0, 0.1) is 17.0 Å². The van der Waals surface area contributed by atoms with E-state index in [2.05, 4.69) is 10.3 Å². The maximum Gasteiger partial charge on any atom is 0.274 e. The van der Waals surface area contributed by atoms with Crippen LogP contribution in [-0.4, -0.2) is 9.91 Å². The lowest BCUT2D eigenvalue weighted by atomic mass is 10.2. The highest BCUT2D eigenvalue weighted by Crippen LogP contribution is 2.23. The molecule has 5 nitrogen and oxygen atoms in total. The van der Waals surface area contributed by atoms with E-state index in [0.29, 0.717) is 22.9 Å². The summed E-state index contributed by atoms with van der Waals surface area (Å²) in [5.74, 6) is 0. The van der Waals surface area contributed by atoms with E-state index in [9.17, 15) is 10.1 Å². The van der Waals surface area contributed by atoms with Gasteiger partial charge in [-0.1, -0.05) is 29.8 Å². The molecule has 1 aromatic heterocycles. The molecule has 0 saturated carbocycles. The number of aryl methyl sites for hydroxylation is 1. The second kappa shape index (κ2) is 5.67. The number of pyridine rings is 1. The Bertz CT molecular complexity index is 617. The summed E-state index contributed by atoms with van der Waals surface area (Å²) in [6, 6.07) is 8.45. The zero-order chi connectivity index (χ0) is 13.8.